The topological polar surface area (TPSA) is 108 Å². The van der Waals surface area contributed by atoms with E-state index >= 15 is 0 Å². The molecule has 0 bridgehead atoms. The first-order valence-electron chi connectivity index (χ1n) is 12.3. The van der Waals surface area contributed by atoms with Gasteiger partial charge >= 0.3 is 5.97 Å². The Bertz CT molecular complexity index is 1570. The van der Waals surface area contributed by atoms with Crippen LogP contribution in [0.25, 0.3) is 11.3 Å². The van der Waals surface area contributed by atoms with Crippen molar-refractivity contribution in [1.29, 1.82) is 0 Å². The molecule has 3 N–H and O–H groups in total. The smallest absolute Gasteiger partial charge is 0.335 e. The Kier molecular flexibility index (Phi) is 7.36. The van der Waals surface area contributed by atoms with Gasteiger partial charge in [0.25, 0.3) is 0 Å². The summed E-state index contributed by atoms with van der Waals surface area (Å²) in [6, 6.07) is 18.7. The molecule has 2 aromatic heterocycles. The molecule has 5 rings (SSSR count). The molecule has 3 heterocycles. The number of aromatic carboxylic acids is 1. The van der Waals surface area contributed by atoms with Crippen molar-refractivity contribution in [3.63, 3.8) is 0 Å². The number of carbonyl (C=O) groups is 2. The Hall–Kier alpha value is -4.21. The fourth-order valence-corrected chi connectivity index (χ4v) is 5.16. The number of carboxylic acid groups (broad SMARTS) is 1. The second-order valence-corrected chi connectivity index (χ2v) is 9.89. The highest BCUT2D eigenvalue weighted by Crippen LogP contribution is 2.44. The van der Waals surface area contributed by atoms with Crippen LogP contribution in [0.5, 0.6) is 0 Å². The number of carboxylic acids is 1. The maximum Gasteiger partial charge on any atom is 0.335 e. The Morgan fingerprint density at radius 2 is 1.97 bits per heavy atom. The summed E-state index contributed by atoms with van der Waals surface area (Å²) in [4.78, 5) is 30.0. The van der Waals surface area contributed by atoms with E-state index in [1.807, 2.05) is 54.3 Å². The van der Waals surface area contributed by atoms with Gasteiger partial charge in [0, 0.05) is 29.6 Å². The van der Waals surface area contributed by atoms with Crippen molar-refractivity contribution < 1.29 is 19.1 Å². The minimum Gasteiger partial charge on any atom is -0.478 e. The number of carbonyl (C=O) groups excluding carboxylic acids is 1. The van der Waals surface area contributed by atoms with Crippen molar-refractivity contribution >= 4 is 52.2 Å². The highest BCUT2D eigenvalue weighted by Gasteiger charge is 2.42. The molecule has 2 aromatic carbocycles. The van der Waals surface area contributed by atoms with Gasteiger partial charge in [0.05, 0.1) is 22.3 Å². The molecule has 2 atom stereocenters. The normalized spacial score (nSPS) is 16.7. The van der Waals surface area contributed by atoms with E-state index in [1.54, 1.807) is 25.3 Å². The standard InChI is InChI=1S/C29H25ClN4O4S/c1-3-25(35)32-21-10-8-18(14-16(21)2)34-27(26(33-29(34)39)22-6-4-5-13-31-22)24-12-11-23(38-24)19-15-17(28(36)37)7-9-20(19)30/h4-15,26-27H,3H2,1-2H3,(H,32,35)(H,33,39)(H,36,37)/t26-,27+/m1/s1. The average molecular weight is 561 g/mol. The minimum atomic E-state index is -1.06. The van der Waals surface area contributed by atoms with E-state index in [0.29, 0.717) is 33.6 Å². The first-order valence-corrected chi connectivity index (χ1v) is 13.1. The van der Waals surface area contributed by atoms with Gasteiger partial charge in [-0.1, -0.05) is 24.6 Å². The predicted molar refractivity (Wildman–Crippen MR) is 154 cm³/mol. The van der Waals surface area contributed by atoms with Gasteiger partial charge in [-0.15, -0.1) is 0 Å². The highest BCUT2D eigenvalue weighted by molar-refractivity contribution is 7.80. The van der Waals surface area contributed by atoms with Gasteiger partial charge in [0.1, 0.15) is 17.6 Å². The molecule has 0 unspecified atom stereocenters. The van der Waals surface area contributed by atoms with Gasteiger partial charge in [0.2, 0.25) is 5.91 Å². The van der Waals surface area contributed by atoms with E-state index < -0.39 is 12.0 Å². The van der Waals surface area contributed by atoms with Gasteiger partial charge in [-0.05, 0) is 85.4 Å². The van der Waals surface area contributed by atoms with Crippen molar-refractivity contribution in [1.82, 2.24) is 10.3 Å². The lowest BCUT2D eigenvalue weighted by atomic mass is 10.0. The molecular weight excluding hydrogens is 536 g/mol. The summed E-state index contributed by atoms with van der Waals surface area (Å²) in [5, 5.41) is 16.6. The summed E-state index contributed by atoms with van der Waals surface area (Å²) >= 11 is 12.2. The van der Waals surface area contributed by atoms with E-state index in [0.717, 1.165) is 22.6 Å². The summed E-state index contributed by atoms with van der Waals surface area (Å²) < 4.78 is 6.34. The molecule has 198 valence electrons. The average Bonchev–Trinajstić information content (AvgIpc) is 3.55. The molecule has 4 aromatic rings. The zero-order valence-electron chi connectivity index (χ0n) is 21.1. The van der Waals surface area contributed by atoms with Gasteiger partial charge in [-0.3, -0.25) is 9.78 Å². The lowest BCUT2D eigenvalue weighted by molar-refractivity contribution is -0.115. The van der Waals surface area contributed by atoms with Gasteiger partial charge in [-0.25, -0.2) is 4.79 Å². The number of nitrogens with zero attached hydrogens (tertiary/aromatic N) is 2. The quantitative estimate of drug-likeness (QED) is 0.219. The number of aromatic nitrogens is 1. The van der Waals surface area contributed by atoms with Crippen molar-refractivity contribution in [2.45, 2.75) is 32.4 Å². The van der Waals surface area contributed by atoms with Crippen LogP contribution in [0.3, 0.4) is 0 Å². The van der Waals surface area contributed by atoms with Crippen LogP contribution in [0, 0.1) is 6.92 Å². The zero-order chi connectivity index (χ0) is 27.7. The summed E-state index contributed by atoms with van der Waals surface area (Å²) in [5.74, 6) is -0.0957. The van der Waals surface area contributed by atoms with Crippen LogP contribution in [0.2, 0.25) is 5.02 Å². The number of pyridine rings is 1. The molecule has 0 radical (unpaired) electrons. The fourth-order valence-electron chi connectivity index (χ4n) is 4.60. The largest absolute Gasteiger partial charge is 0.478 e. The molecule has 0 spiro atoms. The molecule has 0 saturated carbocycles. The lowest BCUT2D eigenvalue weighted by Crippen LogP contribution is -2.29. The Morgan fingerprint density at radius 1 is 1.15 bits per heavy atom. The molecular formula is C29H25ClN4O4S. The number of hydrogen-bond acceptors (Lipinski definition) is 5. The van der Waals surface area contributed by atoms with Crippen molar-refractivity contribution in [2.24, 2.45) is 0 Å². The predicted octanol–water partition coefficient (Wildman–Crippen LogP) is 6.53. The molecule has 1 fully saturated rings. The van der Waals surface area contributed by atoms with E-state index in [4.69, 9.17) is 28.2 Å². The molecule has 10 heteroatoms. The Morgan fingerprint density at radius 3 is 2.67 bits per heavy atom. The van der Waals surface area contributed by atoms with Crippen LogP contribution in [0.1, 0.15) is 52.8 Å². The number of thiocarbonyl (C=S) groups is 1. The highest BCUT2D eigenvalue weighted by atomic mass is 35.5. The summed E-state index contributed by atoms with van der Waals surface area (Å²) in [5.41, 5.74) is 3.79. The summed E-state index contributed by atoms with van der Waals surface area (Å²) in [6.07, 6.45) is 2.11. The van der Waals surface area contributed by atoms with Crippen molar-refractivity contribution in [2.75, 3.05) is 10.2 Å². The van der Waals surface area contributed by atoms with Crippen LogP contribution in [-0.2, 0) is 4.79 Å². The first kappa shape index (κ1) is 26.4. The maximum atomic E-state index is 12.0. The van der Waals surface area contributed by atoms with Crippen LogP contribution in [0.15, 0.2) is 77.3 Å². The number of halogens is 1. The maximum absolute atomic E-state index is 12.0. The number of hydrogen-bond donors (Lipinski definition) is 3. The molecule has 8 nitrogen and oxygen atoms in total. The molecule has 1 aliphatic rings. The number of benzene rings is 2. The third-order valence-electron chi connectivity index (χ3n) is 6.58. The van der Waals surface area contributed by atoms with E-state index in [-0.39, 0.29) is 17.5 Å². The Balaban J connectivity index is 1.58. The number of furan rings is 1. The third-order valence-corrected chi connectivity index (χ3v) is 7.22. The molecule has 1 aliphatic heterocycles. The number of aryl methyl sites for hydroxylation is 1. The van der Waals surface area contributed by atoms with Gasteiger partial charge in [0.15, 0.2) is 5.11 Å². The molecule has 0 aliphatic carbocycles. The molecule has 1 saturated heterocycles. The van der Waals surface area contributed by atoms with Crippen LogP contribution in [0.4, 0.5) is 11.4 Å². The summed E-state index contributed by atoms with van der Waals surface area (Å²) in [6.45, 7) is 3.73. The molecule has 1 amide bonds. The van der Waals surface area contributed by atoms with E-state index in [9.17, 15) is 14.7 Å². The minimum absolute atomic E-state index is 0.0638. The third kappa shape index (κ3) is 5.23. The second kappa shape index (κ2) is 10.9. The fraction of sp³-hybridized carbons (Fsp3) is 0.172. The van der Waals surface area contributed by atoms with Crippen molar-refractivity contribution in [3.05, 3.63) is 101 Å². The number of anilines is 2. The van der Waals surface area contributed by atoms with Crippen LogP contribution in [-0.4, -0.2) is 27.1 Å². The van der Waals surface area contributed by atoms with Gasteiger partial charge < -0.3 is 25.1 Å². The Labute approximate surface area is 235 Å². The molecule has 39 heavy (non-hydrogen) atoms. The van der Waals surface area contributed by atoms with Gasteiger partial charge in [-0.2, -0.15) is 0 Å². The number of nitrogens with one attached hydrogen (secondary N) is 2. The number of rotatable bonds is 7. The first-order chi connectivity index (χ1) is 18.8. The second-order valence-electron chi connectivity index (χ2n) is 9.10. The van der Waals surface area contributed by atoms with E-state index in [2.05, 4.69) is 15.6 Å². The number of amides is 1. The lowest BCUT2D eigenvalue weighted by Gasteiger charge is -2.27. The van der Waals surface area contributed by atoms with Crippen molar-refractivity contribution in [3.8, 4) is 11.3 Å². The monoisotopic (exact) mass is 560 g/mol. The van der Waals surface area contributed by atoms with Crippen LogP contribution < -0.4 is 15.5 Å². The van der Waals surface area contributed by atoms with Crippen LogP contribution >= 0.6 is 23.8 Å². The van der Waals surface area contributed by atoms with E-state index in [1.165, 1.54) is 12.1 Å². The summed E-state index contributed by atoms with van der Waals surface area (Å²) in [7, 11) is 0. The zero-order valence-corrected chi connectivity index (χ0v) is 22.7. The SMILES string of the molecule is CCC(=O)Nc1ccc(N2C(=S)N[C@H](c3ccccn3)[C@@H]2c2ccc(-c3cc(C(=O)O)ccc3Cl)o2)cc1C.